The molecule has 0 aromatic heterocycles. The molecule has 1 unspecified atom stereocenters. The lowest BCUT2D eigenvalue weighted by atomic mass is 9.92. The van der Waals surface area contributed by atoms with Gasteiger partial charge in [0.05, 0.1) is 5.75 Å². The maximum Gasteiger partial charge on any atom is 0.147 e. The lowest BCUT2D eigenvalue weighted by molar-refractivity contribution is 0.327. The van der Waals surface area contributed by atoms with Gasteiger partial charge in [-0.2, -0.15) is 0 Å². The highest BCUT2D eigenvalue weighted by Gasteiger charge is 2.19. The molecule has 16 heavy (non-hydrogen) atoms. The van der Waals surface area contributed by atoms with Gasteiger partial charge in [0.15, 0.2) is 0 Å². The van der Waals surface area contributed by atoms with E-state index in [1.165, 1.54) is 6.26 Å². The second kappa shape index (κ2) is 8.07. The Morgan fingerprint density at radius 2 is 1.69 bits per heavy atom. The number of nitrogens with one attached hydrogen (secondary N) is 1. The van der Waals surface area contributed by atoms with Gasteiger partial charge >= 0.3 is 0 Å². The van der Waals surface area contributed by atoms with Crippen molar-refractivity contribution in [2.45, 2.75) is 52.5 Å². The van der Waals surface area contributed by atoms with Gasteiger partial charge in [0, 0.05) is 12.3 Å². The maximum atomic E-state index is 11.2. The summed E-state index contributed by atoms with van der Waals surface area (Å²) >= 11 is 0. The van der Waals surface area contributed by atoms with Crippen molar-refractivity contribution in [1.29, 1.82) is 0 Å². The molecule has 0 spiro atoms. The predicted octanol–water partition coefficient (Wildman–Crippen LogP) is 2.23. The lowest BCUT2D eigenvalue weighted by Gasteiger charge is -2.26. The molecular weight excluding hydrogens is 222 g/mol. The van der Waals surface area contributed by atoms with E-state index in [-0.39, 0.29) is 0 Å². The molecule has 3 nitrogen and oxygen atoms in total. The fraction of sp³-hybridized carbons (Fsp3) is 1.00. The minimum Gasteiger partial charge on any atom is -0.314 e. The highest BCUT2D eigenvalue weighted by atomic mass is 32.2. The first-order valence-corrected chi connectivity index (χ1v) is 8.41. The summed E-state index contributed by atoms with van der Waals surface area (Å²) < 4.78 is 22.4. The van der Waals surface area contributed by atoms with E-state index in [0.717, 1.165) is 32.2 Å². The van der Waals surface area contributed by atoms with Gasteiger partial charge in [-0.05, 0) is 25.3 Å². The van der Waals surface area contributed by atoms with Crippen molar-refractivity contribution in [3.05, 3.63) is 0 Å². The summed E-state index contributed by atoms with van der Waals surface area (Å²) in [5.74, 6) is 0.888. The van der Waals surface area contributed by atoms with Crippen molar-refractivity contribution in [1.82, 2.24) is 5.32 Å². The van der Waals surface area contributed by atoms with Crippen LogP contribution in [-0.2, 0) is 9.84 Å². The van der Waals surface area contributed by atoms with Crippen molar-refractivity contribution < 1.29 is 8.42 Å². The third-order valence-electron chi connectivity index (χ3n) is 3.07. The molecule has 1 atom stereocenters. The maximum absolute atomic E-state index is 11.2. The van der Waals surface area contributed by atoms with Crippen LogP contribution in [0.25, 0.3) is 0 Å². The molecule has 0 heterocycles. The number of hydrogen-bond donors (Lipinski definition) is 1. The van der Waals surface area contributed by atoms with Crippen LogP contribution >= 0.6 is 0 Å². The van der Waals surface area contributed by atoms with Crippen LogP contribution in [0.2, 0.25) is 0 Å². The van der Waals surface area contributed by atoms with E-state index in [1.807, 2.05) is 0 Å². The van der Waals surface area contributed by atoms with Crippen molar-refractivity contribution >= 4 is 9.84 Å². The third-order valence-corrected chi connectivity index (χ3v) is 4.05. The summed E-state index contributed by atoms with van der Waals surface area (Å²) in [5, 5.41) is 3.48. The van der Waals surface area contributed by atoms with Gasteiger partial charge in [0.2, 0.25) is 0 Å². The zero-order valence-corrected chi connectivity index (χ0v) is 11.9. The van der Waals surface area contributed by atoms with Crippen LogP contribution in [-0.4, -0.2) is 33.0 Å². The molecule has 0 fully saturated rings. The van der Waals surface area contributed by atoms with Crippen LogP contribution in [0.15, 0.2) is 0 Å². The molecule has 0 aliphatic rings. The summed E-state index contributed by atoms with van der Waals surface area (Å²) in [7, 11) is -2.83. The molecule has 0 radical (unpaired) electrons. The van der Waals surface area contributed by atoms with E-state index in [9.17, 15) is 8.42 Å². The Balaban J connectivity index is 4.29. The molecule has 0 bridgehead atoms. The van der Waals surface area contributed by atoms with Crippen molar-refractivity contribution in [2.24, 2.45) is 5.92 Å². The summed E-state index contributed by atoms with van der Waals surface area (Å²) in [6.07, 6.45) is 5.38. The molecule has 0 aliphatic carbocycles. The molecule has 0 aromatic carbocycles. The van der Waals surface area contributed by atoms with Crippen LogP contribution in [0, 0.1) is 5.92 Å². The fourth-order valence-electron chi connectivity index (χ4n) is 2.03. The topological polar surface area (TPSA) is 46.2 Å². The normalized spacial score (nSPS) is 14.3. The monoisotopic (exact) mass is 249 g/mol. The number of rotatable bonds is 9. The Hall–Kier alpha value is -0.0900. The minimum absolute atomic E-state index is 0.297. The van der Waals surface area contributed by atoms with Crippen LogP contribution < -0.4 is 5.32 Å². The van der Waals surface area contributed by atoms with E-state index in [0.29, 0.717) is 17.7 Å². The number of sulfone groups is 1. The largest absolute Gasteiger partial charge is 0.314 e. The van der Waals surface area contributed by atoms with Crippen molar-refractivity contribution in [3.63, 3.8) is 0 Å². The van der Waals surface area contributed by atoms with Gasteiger partial charge < -0.3 is 5.32 Å². The minimum atomic E-state index is -2.83. The van der Waals surface area contributed by atoms with E-state index in [1.54, 1.807) is 0 Å². The first-order chi connectivity index (χ1) is 7.44. The zero-order chi connectivity index (χ0) is 12.6. The Bertz CT molecular complexity index is 258. The van der Waals surface area contributed by atoms with E-state index >= 15 is 0 Å². The SMILES string of the molecule is CCCNC(CCS(C)(=O)=O)C(CC)CC. The third kappa shape index (κ3) is 7.23. The zero-order valence-electron chi connectivity index (χ0n) is 11.1. The van der Waals surface area contributed by atoms with Gasteiger partial charge in [0.1, 0.15) is 9.84 Å². The molecule has 0 rings (SSSR count). The Morgan fingerprint density at radius 3 is 2.06 bits per heavy atom. The van der Waals surface area contributed by atoms with Gasteiger partial charge in [-0.3, -0.25) is 0 Å². The molecule has 98 valence electrons. The summed E-state index contributed by atoms with van der Waals surface area (Å²) in [4.78, 5) is 0. The standard InChI is InChI=1S/C12H27NO2S/c1-5-9-13-12(11(6-2)7-3)8-10-16(4,14)15/h11-13H,5-10H2,1-4H3. The van der Waals surface area contributed by atoms with Crippen LogP contribution in [0.3, 0.4) is 0 Å². The first-order valence-electron chi connectivity index (χ1n) is 6.35. The molecule has 0 saturated carbocycles. The van der Waals surface area contributed by atoms with Crippen LogP contribution in [0.5, 0.6) is 0 Å². The van der Waals surface area contributed by atoms with Crippen molar-refractivity contribution in [3.8, 4) is 0 Å². The molecule has 0 aromatic rings. The summed E-state index contributed by atoms with van der Waals surface area (Å²) in [5.41, 5.74) is 0. The van der Waals surface area contributed by atoms with Gasteiger partial charge in [-0.25, -0.2) is 8.42 Å². The van der Waals surface area contributed by atoms with Crippen LogP contribution in [0.1, 0.15) is 46.5 Å². The smallest absolute Gasteiger partial charge is 0.147 e. The van der Waals surface area contributed by atoms with Gasteiger partial charge in [0.25, 0.3) is 0 Å². The molecule has 0 saturated heterocycles. The lowest BCUT2D eigenvalue weighted by Crippen LogP contribution is -2.37. The second-order valence-electron chi connectivity index (χ2n) is 4.56. The van der Waals surface area contributed by atoms with Gasteiger partial charge in [-0.15, -0.1) is 0 Å². The molecule has 0 amide bonds. The van der Waals surface area contributed by atoms with Crippen LogP contribution in [0.4, 0.5) is 0 Å². The Kier molecular flexibility index (Phi) is 8.02. The summed E-state index contributed by atoms with van der Waals surface area (Å²) in [6, 6.07) is 0.352. The highest BCUT2D eigenvalue weighted by Crippen LogP contribution is 2.16. The quantitative estimate of drug-likeness (QED) is 0.681. The molecule has 4 heteroatoms. The molecule has 1 N–H and O–H groups in total. The van der Waals surface area contributed by atoms with E-state index in [2.05, 4.69) is 26.1 Å². The first kappa shape index (κ1) is 15.9. The Morgan fingerprint density at radius 1 is 1.12 bits per heavy atom. The van der Waals surface area contributed by atoms with E-state index in [4.69, 9.17) is 0 Å². The Labute approximate surface area is 101 Å². The molecule has 0 aliphatic heterocycles. The second-order valence-corrected chi connectivity index (χ2v) is 6.82. The molecular formula is C12H27NO2S. The fourth-order valence-corrected chi connectivity index (χ4v) is 2.72. The van der Waals surface area contributed by atoms with E-state index < -0.39 is 9.84 Å². The number of hydrogen-bond acceptors (Lipinski definition) is 3. The average molecular weight is 249 g/mol. The predicted molar refractivity (Wildman–Crippen MR) is 70.5 cm³/mol. The summed E-state index contributed by atoms with van der Waals surface area (Å²) in [6.45, 7) is 7.46. The van der Waals surface area contributed by atoms with Gasteiger partial charge in [-0.1, -0.05) is 33.6 Å². The highest BCUT2D eigenvalue weighted by molar-refractivity contribution is 7.90. The average Bonchev–Trinajstić information content (AvgIpc) is 2.21. The van der Waals surface area contributed by atoms with Crippen molar-refractivity contribution in [2.75, 3.05) is 18.6 Å².